The average Bonchev–Trinajstić information content (AvgIpc) is 2.39. The molecule has 0 bridgehead atoms. The summed E-state index contributed by atoms with van der Waals surface area (Å²) in [6.07, 6.45) is -0.0789. The van der Waals surface area contributed by atoms with E-state index in [2.05, 4.69) is 0 Å². The third kappa shape index (κ3) is 2.74. The summed E-state index contributed by atoms with van der Waals surface area (Å²) in [6.45, 7) is 1.99. The van der Waals surface area contributed by atoms with Crippen molar-refractivity contribution in [3.63, 3.8) is 0 Å². The van der Waals surface area contributed by atoms with Crippen LogP contribution in [-0.4, -0.2) is 7.11 Å². The van der Waals surface area contributed by atoms with Gasteiger partial charge in [0.2, 0.25) is 0 Å². The van der Waals surface area contributed by atoms with Gasteiger partial charge >= 0.3 is 0 Å². The molecule has 0 aromatic heterocycles. The number of rotatable bonds is 4. The van der Waals surface area contributed by atoms with Crippen molar-refractivity contribution in [1.29, 1.82) is 0 Å². The van der Waals surface area contributed by atoms with Gasteiger partial charge in [0.15, 0.2) is 11.5 Å². The van der Waals surface area contributed by atoms with Crippen molar-refractivity contribution >= 4 is 5.69 Å². The molecule has 2 aromatic rings. The summed E-state index contributed by atoms with van der Waals surface area (Å²) in [7, 11) is 1.63. The van der Waals surface area contributed by atoms with Gasteiger partial charge in [0.1, 0.15) is 6.10 Å². The molecule has 0 saturated carbocycles. The number of hydrogen-bond acceptors (Lipinski definition) is 3. The maximum absolute atomic E-state index is 5.90. The summed E-state index contributed by atoms with van der Waals surface area (Å²) >= 11 is 0. The smallest absolute Gasteiger partial charge is 0.162 e. The molecular weight excluding hydrogens is 226 g/mol. The maximum atomic E-state index is 5.90. The van der Waals surface area contributed by atoms with Crippen LogP contribution in [0.15, 0.2) is 48.5 Å². The number of methoxy groups -OCH3 is 1. The number of nitrogen functional groups attached to an aromatic ring is 1. The van der Waals surface area contributed by atoms with Crippen LogP contribution in [0.5, 0.6) is 11.5 Å². The Labute approximate surface area is 107 Å². The first-order valence-electron chi connectivity index (χ1n) is 5.86. The molecule has 94 valence electrons. The molecule has 0 heterocycles. The van der Waals surface area contributed by atoms with Gasteiger partial charge in [-0.25, -0.2) is 0 Å². The first-order valence-corrected chi connectivity index (χ1v) is 5.86. The predicted octanol–water partition coefficient (Wildman–Crippen LogP) is 3.42. The molecule has 0 spiro atoms. The molecule has 2 aromatic carbocycles. The van der Waals surface area contributed by atoms with E-state index in [1.54, 1.807) is 7.11 Å². The Kier molecular flexibility index (Phi) is 3.72. The highest BCUT2D eigenvalue weighted by molar-refractivity contribution is 5.43. The minimum atomic E-state index is -0.0789. The molecule has 1 atom stereocenters. The number of benzene rings is 2. The quantitative estimate of drug-likeness (QED) is 0.837. The zero-order valence-electron chi connectivity index (χ0n) is 10.6. The fraction of sp³-hybridized carbons (Fsp3) is 0.200. The van der Waals surface area contributed by atoms with Crippen LogP contribution in [0.1, 0.15) is 18.6 Å². The highest BCUT2D eigenvalue weighted by Gasteiger charge is 2.10. The summed E-state index contributed by atoms with van der Waals surface area (Å²) in [5.74, 6) is 1.46. The van der Waals surface area contributed by atoms with Crippen LogP contribution in [0, 0.1) is 0 Å². The van der Waals surface area contributed by atoms with E-state index in [4.69, 9.17) is 15.2 Å². The lowest BCUT2D eigenvalue weighted by Gasteiger charge is -2.17. The van der Waals surface area contributed by atoms with Crippen LogP contribution >= 0.6 is 0 Å². The first-order chi connectivity index (χ1) is 8.70. The molecule has 2 rings (SSSR count). The van der Waals surface area contributed by atoms with E-state index < -0.39 is 0 Å². The molecule has 3 nitrogen and oxygen atoms in total. The third-order valence-electron chi connectivity index (χ3n) is 2.75. The highest BCUT2D eigenvalue weighted by atomic mass is 16.5. The standard InChI is InChI=1S/C15H17NO2/c1-11(12-6-5-7-13(16)10-12)18-15-9-4-3-8-14(15)17-2/h3-11H,16H2,1-2H3. The van der Waals surface area contributed by atoms with Crippen molar-refractivity contribution < 1.29 is 9.47 Å². The number of para-hydroxylation sites is 2. The molecule has 0 fully saturated rings. The molecule has 1 unspecified atom stereocenters. The largest absolute Gasteiger partial charge is 0.493 e. The van der Waals surface area contributed by atoms with Gasteiger partial charge in [0.25, 0.3) is 0 Å². The van der Waals surface area contributed by atoms with Gasteiger partial charge in [-0.3, -0.25) is 0 Å². The van der Waals surface area contributed by atoms with Crippen molar-refractivity contribution in [1.82, 2.24) is 0 Å². The molecule has 0 amide bonds. The van der Waals surface area contributed by atoms with Gasteiger partial charge in [0, 0.05) is 5.69 Å². The van der Waals surface area contributed by atoms with Crippen molar-refractivity contribution in [3.8, 4) is 11.5 Å². The minimum Gasteiger partial charge on any atom is -0.493 e. The van der Waals surface area contributed by atoms with Crippen LogP contribution in [0.25, 0.3) is 0 Å². The summed E-state index contributed by atoms with van der Waals surface area (Å²) in [4.78, 5) is 0. The van der Waals surface area contributed by atoms with Crippen LogP contribution in [-0.2, 0) is 0 Å². The van der Waals surface area contributed by atoms with E-state index in [1.807, 2.05) is 55.5 Å². The Hall–Kier alpha value is -2.16. The molecule has 3 heteroatoms. The van der Waals surface area contributed by atoms with Gasteiger partial charge in [0.05, 0.1) is 7.11 Å². The third-order valence-corrected chi connectivity index (χ3v) is 2.75. The van der Waals surface area contributed by atoms with Crippen molar-refractivity contribution in [2.75, 3.05) is 12.8 Å². The summed E-state index contributed by atoms with van der Waals surface area (Å²) < 4.78 is 11.2. The second-order valence-corrected chi connectivity index (χ2v) is 4.08. The van der Waals surface area contributed by atoms with E-state index in [0.29, 0.717) is 0 Å². The summed E-state index contributed by atoms with van der Waals surface area (Å²) in [5.41, 5.74) is 7.55. The van der Waals surface area contributed by atoms with Crippen LogP contribution < -0.4 is 15.2 Å². The van der Waals surface area contributed by atoms with Crippen molar-refractivity contribution in [2.24, 2.45) is 0 Å². The summed E-state index contributed by atoms with van der Waals surface area (Å²) in [5, 5.41) is 0. The Morgan fingerprint density at radius 3 is 2.39 bits per heavy atom. The highest BCUT2D eigenvalue weighted by Crippen LogP contribution is 2.30. The SMILES string of the molecule is COc1ccccc1OC(C)c1cccc(N)c1. The van der Waals surface area contributed by atoms with Gasteiger partial charge in [-0.05, 0) is 36.8 Å². The first kappa shape index (κ1) is 12.3. The van der Waals surface area contributed by atoms with E-state index in [1.165, 1.54) is 0 Å². The molecule has 18 heavy (non-hydrogen) atoms. The number of ether oxygens (including phenoxy) is 2. The van der Waals surface area contributed by atoms with Crippen LogP contribution in [0.2, 0.25) is 0 Å². The number of nitrogens with two attached hydrogens (primary N) is 1. The lowest BCUT2D eigenvalue weighted by molar-refractivity contribution is 0.216. The molecule has 0 radical (unpaired) electrons. The van der Waals surface area contributed by atoms with Crippen LogP contribution in [0.4, 0.5) is 5.69 Å². The van der Waals surface area contributed by atoms with Gasteiger partial charge in [-0.2, -0.15) is 0 Å². The topological polar surface area (TPSA) is 44.5 Å². The molecule has 0 aliphatic carbocycles. The Morgan fingerprint density at radius 1 is 1.00 bits per heavy atom. The predicted molar refractivity (Wildman–Crippen MR) is 72.9 cm³/mol. The van der Waals surface area contributed by atoms with Gasteiger partial charge in [-0.1, -0.05) is 24.3 Å². The zero-order chi connectivity index (χ0) is 13.0. The normalized spacial score (nSPS) is 11.9. The molecule has 0 saturated heterocycles. The maximum Gasteiger partial charge on any atom is 0.162 e. The molecular formula is C15H17NO2. The van der Waals surface area contributed by atoms with Crippen molar-refractivity contribution in [2.45, 2.75) is 13.0 Å². The average molecular weight is 243 g/mol. The Balaban J connectivity index is 2.18. The van der Waals surface area contributed by atoms with Crippen LogP contribution in [0.3, 0.4) is 0 Å². The second-order valence-electron chi connectivity index (χ2n) is 4.08. The van der Waals surface area contributed by atoms with Crippen molar-refractivity contribution in [3.05, 3.63) is 54.1 Å². The Bertz CT molecular complexity index is 525. The second kappa shape index (κ2) is 5.45. The fourth-order valence-electron chi connectivity index (χ4n) is 1.79. The summed E-state index contributed by atoms with van der Waals surface area (Å²) in [6, 6.07) is 15.3. The minimum absolute atomic E-state index is 0.0789. The Morgan fingerprint density at radius 2 is 1.72 bits per heavy atom. The monoisotopic (exact) mass is 243 g/mol. The van der Waals surface area contributed by atoms with E-state index in [-0.39, 0.29) is 6.10 Å². The lowest BCUT2D eigenvalue weighted by atomic mass is 10.1. The fourth-order valence-corrected chi connectivity index (χ4v) is 1.79. The zero-order valence-corrected chi connectivity index (χ0v) is 10.6. The van der Waals surface area contributed by atoms with Gasteiger partial charge in [-0.15, -0.1) is 0 Å². The van der Waals surface area contributed by atoms with E-state index >= 15 is 0 Å². The van der Waals surface area contributed by atoms with E-state index in [9.17, 15) is 0 Å². The number of anilines is 1. The molecule has 0 aliphatic heterocycles. The lowest BCUT2D eigenvalue weighted by Crippen LogP contribution is -2.04. The molecule has 2 N–H and O–H groups in total. The molecule has 0 aliphatic rings. The number of hydrogen-bond donors (Lipinski definition) is 1. The van der Waals surface area contributed by atoms with Gasteiger partial charge < -0.3 is 15.2 Å². The van der Waals surface area contributed by atoms with E-state index in [0.717, 1.165) is 22.7 Å².